The van der Waals surface area contributed by atoms with E-state index in [0.717, 1.165) is 24.3 Å². The molecule has 0 spiro atoms. The smallest absolute Gasteiger partial charge is 0.428 e. The molecule has 12 heteroatoms. The van der Waals surface area contributed by atoms with Crippen LogP contribution in [0.1, 0.15) is 39.2 Å². The zero-order chi connectivity index (χ0) is 27.0. The van der Waals surface area contributed by atoms with E-state index in [1.807, 2.05) is 52.1 Å². The Balaban J connectivity index is 2.27. The second-order valence-electron chi connectivity index (χ2n) is 9.30. The zero-order valence-corrected chi connectivity index (χ0v) is 24.4. The van der Waals surface area contributed by atoms with Crippen molar-refractivity contribution in [3.8, 4) is 5.75 Å². The molecule has 208 valence electrons. The van der Waals surface area contributed by atoms with Crippen molar-refractivity contribution in [1.82, 2.24) is 9.57 Å². The van der Waals surface area contributed by atoms with Gasteiger partial charge in [0.2, 0.25) is 0 Å². The van der Waals surface area contributed by atoms with E-state index in [2.05, 4.69) is 4.90 Å². The van der Waals surface area contributed by atoms with Gasteiger partial charge in [-0.15, -0.1) is 33.4 Å². The van der Waals surface area contributed by atoms with Gasteiger partial charge in [-0.3, -0.25) is 4.79 Å². The summed E-state index contributed by atoms with van der Waals surface area (Å²) in [5, 5.41) is 0. The van der Waals surface area contributed by atoms with Crippen molar-refractivity contribution in [2.24, 2.45) is 5.50 Å². The SMILES string of the molecule is CN(CCCOc1cccc(COCCO[P+](N)(O)N(CCCl)CCCl)c1)CCC(=O)OC(C)(C)C. The average molecular weight is 572 g/mol. The molecule has 0 aliphatic carbocycles. The second-order valence-corrected chi connectivity index (χ2v) is 12.1. The number of nitrogens with two attached hydrogens (primary N) is 1. The van der Waals surface area contributed by atoms with Crippen LogP contribution in [0.3, 0.4) is 0 Å². The fourth-order valence-corrected chi connectivity index (χ4v) is 5.06. The molecule has 3 N–H and O–H groups in total. The van der Waals surface area contributed by atoms with Crippen LogP contribution in [0.25, 0.3) is 0 Å². The van der Waals surface area contributed by atoms with E-state index in [1.165, 1.54) is 0 Å². The number of hydrogen-bond donors (Lipinski definition) is 2. The van der Waals surface area contributed by atoms with Crippen LogP contribution in [-0.2, 0) is 25.4 Å². The van der Waals surface area contributed by atoms with Gasteiger partial charge in [0.05, 0.1) is 39.3 Å². The first-order valence-corrected chi connectivity index (χ1v) is 14.8. The van der Waals surface area contributed by atoms with E-state index in [4.69, 9.17) is 47.4 Å². The Labute approximate surface area is 226 Å². The van der Waals surface area contributed by atoms with Crippen molar-refractivity contribution in [2.45, 2.75) is 45.8 Å². The first kappa shape index (κ1) is 33.3. The molecule has 0 bridgehead atoms. The van der Waals surface area contributed by atoms with E-state index in [0.29, 0.717) is 51.0 Å². The number of alkyl halides is 2. The van der Waals surface area contributed by atoms with Crippen LogP contribution in [-0.4, -0.2) is 90.8 Å². The Morgan fingerprint density at radius 3 is 2.42 bits per heavy atom. The van der Waals surface area contributed by atoms with Crippen LogP contribution in [0.15, 0.2) is 24.3 Å². The number of halogens is 2. The minimum absolute atomic E-state index is 0.152. The molecule has 0 saturated heterocycles. The van der Waals surface area contributed by atoms with Gasteiger partial charge in [0.25, 0.3) is 0 Å². The number of esters is 1. The maximum absolute atomic E-state index is 11.8. The lowest BCUT2D eigenvalue weighted by atomic mass is 10.2. The fourth-order valence-electron chi connectivity index (χ4n) is 3.13. The minimum Gasteiger partial charge on any atom is -0.494 e. The second kappa shape index (κ2) is 17.7. The van der Waals surface area contributed by atoms with E-state index in [9.17, 15) is 9.69 Å². The van der Waals surface area contributed by atoms with Crippen LogP contribution < -0.4 is 10.2 Å². The van der Waals surface area contributed by atoms with Crippen LogP contribution in [0.4, 0.5) is 0 Å². The highest BCUT2D eigenvalue weighted by Gasteiger charge is 2.41. The molecule has 0 aromatic heterocycles. The molecule has 36 heavy (non-hydrogen) atoms. The molecule has 0 heterocycles. The zero-order valence-electron chi connectivity index (χ0n) is 22.0. The Morgan fingerprint density at radius 1 is 1.08 bits per heavy atom. The predicted molar refractivity (Wildman–Crippen MR) is 146 cm³/mol. The highest BCUT2D eigenvalue weighted by Crippen LogP contribution is 2.50. The van der Waals surface area contributed by atoms with Gasteiger partial charge in [0.1, 0.15) is 18.0 Å². The topological polar surface area (TPSA) is 107 Å². The Morgan fingerprint density at radius 2 is 1.78 bits per heavy atom. The van der Waals surface area contributed by atoms with Gasteiger partial charge in [0, 0.05) is 24.8 Å². The average Bonchev–Trinajstić information content (AvgIpc) is 2.79. The quantitative estimate of drug-likeness (QED) is 0.110. The number of hydrogen-bond acceptors (Lipinski definition) is 9. The van der Waals surface area contributed by atoms with Gasteiger partial charge in [-0.2, -0.15) is 9.42 Å². The maximum atomic E-state index is 11.8. The summed E-state index contributed by atoms with van der Waals surface area (Å²) in [6.45, 7) is 9.22. The molecule has 0 radical (unpaired) electrons. The van der Waals surface area contributed by atoms with E-state index in [1.54, 1.807) is 4.67 Å². The summed E-state index contributed by atoms with van der Waals surface area (Å²) in [5.41, 5.74) is 6.44. The third-order valence-corrected chi connectivity index (χ3v) is 6.95. The molecule has 1 aromatic carbocycles. The molecule has 0 aliphatic rings. The molecule has 0 saturated carbocycles. The number of carbonyl (C=O) groups excluding carboxylic acids is 1. The summed E-state index contributed by atoms with van der Waals surface area (Å²) in [7, 11) is -1.23. The standard InChI is InChI=1S/C24H43Cl2N3O6P/c1-24(2,3)35-23(30)9-13-28(4)12-6-16-33-22-8-5-7-21(19-22)20-32-17-18-34-36(27,31)29(14-10-25)15-11-26/h5,7-8,19,31H,6,9-18,20,27H2,1-4H3/q+1. The highest BCUT2D eigenvalue weighted by molar-refractivity contribution is 7.60. The molecule has 0 amide bonds. The van der Waals surface area contributed by atoms with Gasteiger partial charge >= 0.3 is 14.0 Å². The molecular weight excluding hydrogens is 528 g/mol. The number of ether oxygens (including phenoxy) is 3. The van der Waals surface area contributed by atoms with Crippen molar-refractivity contribution in [1.29, 1.82) is 0 Å². The Bertz CT molecular complexity index is 749. The summed E-state index contributed by atoms with van der Waals surface area (Å²) < 4.78 is 23.9. The Kier molecular flexibility index (Phi) is 16.4. The first-order chi connectivity index (χ1) is 17.0. The molecule has 0 fully saturated rings. The van der Waals surface area contributed by atoms with Crippen molar-refractivity contribution in [3.63, 3.8) is 0 Å². The van der Waals surface area contributed by atoms with Gasteiger partial charge in [-0.25, -0.2) is 0 Å². The minimum atomic E-state index is -3.21. The molecule has 1 rings (SSSR count). The van der Waals surface area contributed by atoms with E-state index < -0.39 is 13.6 Å². The first-order valence-electron chi connectivity index (χ1n) is 12.1. The summed E-state index contributed by atoms with van der Waals surface area (Å²) in [6.07, 6.45) is 1.20. The highest BCUT2D eigenvalue weighted by atomic mass is 35.5. The molecule has 1 atom stereocenters. The number of carbonyl (C=O) groups is 1. The van der Waals surface area contributed by atoms with Gasteiger partial charge < -0.3 is 19.1 Å². The van der Waals surface area contributed by atoms with Crippen molar-refractivity contribution >= 4 is 37.2 Å². The summed E-state index contributed by atoms with van der Waals surface area (Å²) in [4.78, 5) is 24.3. The lowest BCUT2D eigenvalue weighted by Crippen LogP contribution is -2.34. The summed E-state index contributed by atoms with van der Waals surface area (Å²) in [5.74, 6) is 1.22. The van der Waals surface area contributed by atoms with Crippen LogP contribution in [0.2, 0.25) is 0 Å². The van der Waals surface area contributed by atoms with Crippen molar-refractivity contribution < 1.29 is 28.4 Å². The number of nitrogens with zero attached hydrogens (tertiary/aromatic N) is 2. The largest absolute Gasteiger partial charge is 0.494 e. The Hall–Kier alpha value is -0.740. The van der Waals surface area contributed by atoms with Gasteiger partial charge in [0.15, 0.2) is 0 Å². The molecule has 1 aromatic rings. The van der Waals surface area contributed by atoms with Gasteiger partial charge in [-0.1, -0.05) is 12.1 Å². The van der Waals surface area contributed by atoms with Crippen molar-refractivity contribution in [3.05, 3.63) is 29.8 Å². The molecule has 1 unspecified atom stereocenters. The summed E-state index contributed by atoms with van der Waals surface area (Å²) in [6, 6.07) is 7.70. The summed E-state index contributed by atoms with van der Waals surface area (Å²) >= 11 is 11.5. The molecule has 0 aliphatic heterocycles. The molecule has 9 nitrogen and oxygen atoms in total. The normalized spacial score (nSPS) is 13.7. The number of rotatable bonds is 19. The lowest BCUT2D eigenvalue weighted by Gasteiger charge is -2.24. The monoisotopic (exact) mass is 570 g/mol. The third kappa shape index (κ3) is 15.5. The van der Waals surface area contributed by atoms with Crippen molar-refractivity contribution in [2.75, 3.05) is 64.8 Å². The lowest BCUT2D eigenvalue weighted by molar-refractivity contribution is -0.155. The fraction of sp³-hybridized carbons (Fsp3) is 0.708. The number of benzene rings is 1. The van der Waals surface area contributed by atoms with E-state index in [-0.39, 0.29) is 19.2 Å². The van der Waals surface area contributed by atoms with Crippen LogP contribution in [0.5, 0.6) is 5.75 Å². The van der Waals surface area contributed by atoms with Crippen LogP contribution >= 0.6 is 31.2 Å². The van der Waals surface area contributed by atoms with Gasteiger partial charge in [-0.05, 0) is 51.9 Å². The van der Waals surface area contributed by atoms with Crippen LogP contribution in [0, 0.1) is 0 Å². The molecular formula is C24H43Cl2N3O6P+. The maximum Gasteiger partial charge on any atom is 0.428 e. The third-order valence-electron chi connectivity index (χ3n) is 4.84. The predicted octanol–water partition coefficient (Wildman–Crippen LogP) is 4.06. The van der Waals surface area contributed by atoms with E-state index >= 15 is 0 Å².